The number of nitrogens with zero attached hydrogens (tertiary/aromatic N) is 11. The lowest BCUT2D eigenvalue weighted by atomic mass is 9.88. The topological polar surface area (TPSA) is 700 Å². The Morgan fingerprint density at radius 3 is 1.52 bits per heavy atom. The van der Waals surface area contributed by atoms with E-state index in [1.807, 2.05) is 4.90 Å². The predicted octanol–water partition coefficient (Wildman–Crippen LogP) is -5.02. The summed E-state index contributed by atoms with van der Waals surface area (Å²) in [7, 11) is 0. The molecule has 0 spiro atoms. The zero-order valence-corrected chi connectivity index (χ0v) is 75.9. The van der Waals surface area contributed by atoms with Gasteiger partial charge in [0, 0.05) is 169 Å². The number of nitrogens with one attached hydrogen (secondary N) is 6. The number of amides is 7. The van der Waals surface area contributed by atoms with Gasteiger partial charge >= 0.3 is 41.8 Å². The molecule has 7 aliphatic rings. The summed E-state index contributed by atoms with van der Waals surface area (Å²) >= 11 is 0. The lowest BCUT2D eigenvalue weighted by Gasteiger charge is -2.40. The van der Waals surface area contributed by atoms with Crippen LogP contribution in [0.15, 0.2) is 59.6 Å². The summed E-state index contributed by atoms with van der Waals surface area (Å²) in [6.45, 7) is 3.27. The molecule has 0 saturated carbocycles. The molecule has 2 aromatic rings. The van der Waals surface area contributed by atoms with E-state index in [0.717, 1.165) is 37.8 Å². The largest absolute Gasteiger partial charge is 0.508 e. The van der Waals surface area contributed by atoms with E-state index in [9.17, 15) is 139 Å². The highest BCUT2D eigenvalue weighted by Gasteiger charge is 2.51. The van der Waals surface area contributed by atoms with Crippen molar-refractivity contribution in [3.05, 3.63) is 71.0 Å². The molecular formula is C85H130FN17O33. The first kappa shape index (κ1) is 110. The van der Waals surface area contributed by atoms with Crippen molar-refractivity contribution < 1.29 is 167 Å². The van der Waals surface area contributed by atoms with Crippen LogP contribution in [0.25, 0.3) is 0 Å². The summed E-state index contributed by atoms with van der Waals surface area (Å²) in [4.78, 5) is 173. The number of halogens is 1. The number of benzene rings is 1. The van der Waals surface area contributed by atoms with Gasteiger partial charge in [-0.05, 0) is 82.1 Å². The van der Waals surface area contributed by atoms with Crippen LogP contribution in [0.2, 0.25) is 0 Å². The van der Waals surface area contributed by atoms with E-state index < -0.39 is 169 Å². The number of aliphatic hydroxyl groups excluding tert-OH is 8. The quantitative estimate of drug-likeness (QED) is 0.0277. The highest BCUT2D eigenvalue weighted by Crippen LogP contribution is 2.39. The van der Waals surface area contributed by atoms with Gasteiger partial charge in [0.25, 0.3) is 17.8 Å². The van der Waals surface area contributed by atoms with Gasteiger partial charge in [0.05, 0.1) is 63.7 Å². The number of alkyl halides is 1. The second-order valence-corrected chi connectivity index (χ2v) is 34.2. The fourth-order valence-corrected chi connectivity index (χ4v) is 16.1. The highest BCUT2D eigenvalue weighted by atomic mass is 19.1. The van der Waals surface area contributed by atoms with Crippen molar-refractivity contribution in [3.63, 3.8) is 0 Å². The Hall–Kier alpha value is -11.2. The first-order chi connectivity index (χ1) is 64.7. The number of carboxylic acid groups (broad SMARTS) is 6. The van der Waals surface area contributed by atoms with Gasteiger partial charge in [0.15, 0.2) is 35.5 Å². The number of unbranched alkanes of at least 4 members (excludes halogenated alkanes) is 5. The molecule has 1 aromatic heterocycles. The molecule has 0 bridgehead atoms. The van der Waals surface area contributed by atoms with Crippen LogP contribution in [0.4, 0.5) is 9.18 Å². The molecule has 0 radical (unpaired) electrons. The summed E-state index contributed by atoms with van der Waals surface area (Å²) < 4.78 is 45.9. The Morgan fingerprint density at radius 2 is 0.985 bits per heavy atom. The zero-order valence-electron chi connectivity index (χ0n) is 75.9. The second kappa shape index (κ2) is 55.3. The van der Waals surface area contributed by atoms with Gasteiger partial charge in [-0.2, -0.15) is 0 Å². The molecule has 13 atom stereocenters. The molecule has 6 heterocycles. The summed E-state index contributed by atoms with van der Waals surface area (Å²) in [5, 5.41) is 174. The smallest absolute Gasteiger partial charge is 0.317 e. The van der Waals surface area contributed by atoms with Gasteiger partial charge in [-0.25, -0.2) is 13.9 Å². The van der Waals surface area contributed by atoms with Crippen molar-refractivity contribution in [2.75, 3.05) is 183 Å². The summed E-state index contributed by atoms with van der Waals surface area (Å²) in [5.74, 6) is -14.4. The van der Waals surface area contributed by atoms with Crippen molar-refractivity contribution >= 4 is 77.2 Å². The molecule has 7 amide bonds. The number of aryl methyl sites for hydroxylation is 1. The Bertz CT molecular complexity index is 4360. The number of aromatic hydroxyl groups is 1. The number of urea groups is 1. The molecule has 760 valence electrons. The van der Waals surface area contributed by atoms with Gasteiger partial charge < -0.3 is 137 Å². The predicted molar refractivity (Wildman–Crippen MR) is 468 cm³/mol. The molecule has 136 heavy (non-hydrogen) atoms. The average molecular weight is 1940 g/mol. The van der Waals surface area contributed by atoms with Gasteiger partial charge in [-0.15, -0.1) is 5.10 Å². The van der Waals surface area contributed by atoms with E-state index in [1.54, 1.807) is 31.2 Å². The number of hydrogen-bond donors (Lipinski definition) is 21. The number of aliphatic carboxylic acids is 6. The third kappa shape index (κ3) is 35.7. The van der Waals surface area contributed by atoms with Crippen LogP contribution >= 0.6 is 0 Å². The molecule has 4 fully saturated rings. The first-order valence-corrected chi connectivity index (χ1v) is 45.5. The number of phenols is 1. The van der Waals surface area contributed by atoms with Gasteiger partial charge in [-0.3, -0.25) is 91.8 Å². The fraction of sp³-hybridized carbons (Fsp3) is 0.682. The van der Waals surface area contributed by atoms with Crippen LogP contribution < -0.4 is 36.6 Å². The SMILES string of the molecule is C[C@H]1C(NC(=O)CCCCCCNC(=O)CCCCCNC(=O)C2(F)CCCCCc3c2nnn3CCCNC(=O)CN2CCN(CC(=O)O)CCN(CC(=O)O)CCN(CC(=O)O)CC2)O[C@H](O)[C@@H](O)[C@@H]1O.O=C(O)CN1CCN(CC(=O)O)CCN(C(=O)NCCNC(=O)[C@H]2OC(OC3=CC4OC(Oc5ccc(O)cc5)=CC(=O)C4C(O)=C3O)[C@H](O)[C@@H](O)[C@@H]2O)CCN(CC(=O)O)CC1. The van der Waals surface area contributed by atoms with Crippen LogP contribution in [0.5, 0.6) is 11.5 Å². The van der Waals surface area contributed by atoms with E-state index >= 15 is 4.39 Å². The monoisotopic (exact) mass is 1940 g/mol. The average Bonchev–Trinajstić information content (AvgIpc) is 0.986. The first-order valence-electron chi connectivity index (χ1n) is 45.5. The van der Waals surface area contributed by atoms with Crippen LogP contribution in [-0.2, 0) is 95.1 Å². The minimum atomic E-state index is -2.38. The standard InChI is InChI=1S/C47H80FN11O14.C38H50N6O19/c1-33-41(69)42(70)45(71)73-44(33)52-36(61)15-7-2-3-10-17-49-35(60)14-8-5-11-18-51-46(72)47(48)16-9-4-6-13-34-43(47)53-54-59(34)20-12-19-50-37(62)29-55-21-23-56(30-38(63)64)25-27-58(32-40(67)68)28-26-57(24-22-55)31-39(65)66;45-20-1-3-21(4-2-20)60-28-15-22(46)29-23(61-28)16-24(30(53)31(29)54)62-37-34(57)32(55)33(56)35(63-37)36(58)39-5-6-40-38(59)44-13-11-42(18-26(49)50)9-7-41(17-25(47)48)8-10-43(12-14-44)19-27(51)52/h33,41-42,44-45,69-71H,2-32H2,1H3,(H,49,60)(H,50,62)(H,51,72)(H,52,61)(H,63,64)(H,65,66)(H,67,68);1-4,15-16,23,29,32-35,37,45,53-57H,5-14,17-19H2,(H,39,58)(H,40,59)(H,47,48)(H,49,50)(H,51,52)/t33-,41-,42+,44?,45+,47?;23?,29?,32-,33-,34+,35-,37?/m10/s1. The molecule has 9 rings (SSSR count). The summed E-state index contributed by atoms with van der Waals surface area (Å²) in [6, 6.07) is 4.76. The van der Waals surface area contributed by atoms with Crippen LogP contribution in [0, 0.1) is 11.8 Å². The van der Waals surface area contributed by atoms with Crippen molar-refractivity contribution in [2.45, 2.75) is 177 Å². The molecule has 5 aliphatic heterocycles. The van der Waals surface area contributed by atoms with E-state index in [4.69, 9.17) is 23.7 Å². The number of phenolic OH excluding ortho intramolecular Hbond substituents is 1. The maximum atomic E-state index is 16.8. The number of carboxylic acids is 6. The molecule has 4 saturated heterocycles. The minimum Gasteiger partial charge on any atom is -0.508 e. The second-order valence-electron chi connectivity index (χ2n) is 34.2. The fourth-order valence-electron chi connectivity index (χ4n) is 16.1. The molecule has 5 unspecified atom stereocenters. The maximum Gasteiger partial charge on any atom is 0.317 e. The minimum absolute atomic E-state index is 0.000578. The van der Waals surface area contributed by atoms with E-state index in [0.29, 0.717) is 89.7 Å². The number of carbonyl (C=O) groups excluding carboxylic acids is 7. The summed E-state index contributed by atoms with van der Waals surface area (Å²) in [5.41, 5.74) is -1.84. The van der Waals surface area contributed by atoms with E-state index in [2.05, 4.69) is 42.2 Å². The molecule has 1 aromatic carbocycles. The van der Waals surface area contributed by atoms with Crippen molar-refractivity contribution in [3.8, 4) is 11.5 Å². The number of fused-ring (bicyclic) bond motifs is 2. The Morgan fingerprint density at radius 1 is 0.507 bits per heavy atom. The third-order valence-electron chi connectivity index (χ3n) is 23.8. The summed E-state index contributed by atoms with van der Waals surface area (Å²) in [6.07, 6.45) is -6.45. The molecule has 21 N–H and O–H groups in total. The van der Waals surface area contributed by atoms with Gasteiger partial charge in [-0.1, -0.05) is 37.8 Å². The molecular weight excluding hydrogens is 1810 g/mol. The van der Waals surface area contributed by atoms with Crippen molar-refractivity contribution in [1.29, 1.82) is 0 Å². The Balaban J connectivity index is 0.000000338. The Labute approximate surface area is 781 Å². The number of rotatable bonds is 41. The number of hydrogen-bond acceptors (Lipinski definition) is 36. The van der Waals surface area contributed by atoms with Crippen LogP contribution in [0.1, 0.15) is 108 Å². The number of aromatic nitrogens is 3. The molecule has 50 nitrogen and oxygen atoms in total. The van der Waals surface area contributed by atoms with Crippen LogP contribution in [0.3, 0.4) is 0 Å². The maximum absolute atomic E-state index is 16.8. The van der Waals surface area contributed by atoms with E-state index in [1.165, 1.54) is 39.0 Å². The molecule has 2 aliphatic carbocycles. The normalized spacial score (nSPS) is 25.3. The number of carbonyl (C=O) groups is 13. The third-order valence-corrected chi connectivity index (χ3v) is 23.8. The number of ether oxygens (including phenoxy) is 5. The van der Waals surface area contributed by atoms with Crippen LogP contribution in [-0.4, -0.2) is 453 Å². The number of ketones is 1. The zero-order chi connectivity index (χ0) is 99.3. The number of allylic oxidation sites excluding steroid dienone is 1. The highest BCUT2D eigenvalue weighted by molar-refractivity contribution is 5.95. The van der Waals surface area contributed by atoms with Crippen molar-refractivity contribution in [1.82, 2.24) is 86.1 Å². The Kier molecular flexibility index (Phi) is 44.8. The lowest BCUT2D eigenvalue weighted by molar-refractivity contribution is -0.281. The van der Waals surface area contributed by atoms with Gasteiger partial charge in [0.1, 0.15) is 59.9 Å². The van der Waals surface area contributed by atoms with Crippen molar-refractivity contribution in [2.24, 2.45) is 11.8 Å². The van der Waals surface area contributed by atoms with E-state index in [-0.39, 0.29) is 204 Å². The molecule has 51 heteroatoms. The van der Waals surface area contributed by atoms with Gasteiger partial charge in [0.2, 0.25) is 29.7 Å². The number of aliphatic hydroxyl groups is 8. The lowest BCUT2D eigenvalue weighted by Crippen LogP contribution is -2.62.